The monoisotopic (exact) mass is 459 g/mol. The molecule has 0 atom stereocenters. The summed E-state index contributed by atoms with van der Waals surface area (Å²) in [5.41, 5.74) is 4.48. The van der Waals surface area contributed by atoms with Crippen molar-refractivity contribution in [2.45, 2.75) is 19.1 Å². The van der Waals surface area contributed by atoms with Gasteiger partial charge in [0.25, 0.3) is 5.56 Å². The molecule has 4 nitrogen and oxygen atoms in total. The maximum Gasteiger partial charge on any atom is 0.416 e. The molecule has 1 aliphatic heterocycles. The summed E-state index contributed by atoms with van der Waals surface area (Å²) >= 11 is 0. The average Bonchev–Trinajstić information content (AvgIpc) is 3.09. The number of hydrogen-bond acceptors (Lipinski definition) is 2. The van der Waals surface area contributed by atoms with Gasteiger partial charge in [-0.1, -0.05) is 18.2 Å². The van der Waals surface area contributed by atoms with Crippen LogP contribution in [0.5, 0.6) is 0 Å². The Morgan fingerprint density at radius 2 is 1.72 bits per heavy atom. The highest BCUT2D eigenvalue weighted by Crippen LogP contribution is 2.31. The lowest BCUT2D eigenvalue weighted by Gasteiger charge is -2.22. The molecule has 0 saturated carbocycles. The Bertz CT molecular complexity index is 1340. The number of H-pyrrole nitrogens is 1. The van der Waals surface area contributed by atoms with Crippen LogP contribution in [0.2, 0.25) is 0 Å². The second-order valence-electron chi connectivity index (χ2n) is 8.00. The van der Waals surface area contributed by atoms with E-state index in [0.717, 1.165) is 42.8 Å². The van der Waals surface area contributed by atoms with Gasteiger partial charge < -0.3 is 9.88 Å². The standard InChI is InChI=1S/C24H20F3N3O.ClH/c1-29-10-9-20-19-7-6-18(13-21(19)28-22(20)14-29)30-11-8-16(12-23(30)31)15-2-4-17(5-3-15)24(25,26)27;/h2-8,11-13,28H,9-10,14H2,1H3;1H. The first-order chi connectivity index (χ1) is 14.8. The number of aromatic amines is 1. The van der Waals surface area contributed by atoms with Gasteiger partial charge in [-0.3, -0.25) is 9.36 Å². The first kappa shape index (κ1) is 22.2. The third kappa shape index (κ3) is 3.94. The fraction of sp³-hybridized carbons (Fsp3) is 0.208. The Hall–Kier alpha value is -3.03. The van der Waals surface area contributed by atoms with Crippen LogP contribution in [0.3, 0.4) is 0 Å². The van der Waals surface area contributed by atoms with Crippen LogP contribution in [0.4, 0.5) is 13.2 Å². The van der Waals surface area contributed by atoms with Crippen molar-refractivity contribution in [3.05, 3.63) is 88.0 Å². The van der Waals surface area contributed by atoms with Gasteiger partial charge >= 0.3 is 6.18 Å². The molecule has 1 N–H and O–H groups in total. The zero-order chi connectivity index (χ0) is 21.8. The molecule has 0 amide bonds. The highest BCUT2D eigenvalue weighted by molar-refractivity contribution is 5.86. The van der Waals surface area contributed by atoms with E-state index < -0.39 is 11.7 Å². The van der Waals surface area contributed by atoms with Gasteiger partial charge in [0.05, 0.1) is 11.3 Å². The van der Waals surface area contributed by atoms with E-state index in [4.69, 9.17) is 0 Å². The number of aromatic nitrogens is 2. The summed E-state index contributed by atoms with van der Waals surface area (Å²) in [7, 11) is 2.09. The van der Waals surface area contributed by atoms with Crippen molar-refractivity contribution < 1.29 is 13.2 Å². The lowest BCUT2D eigenvalue weighted by molar-refractivity contribution is -0.137. The molecule has 166 valence electrons. The summed E-state index contributed by atoms with van der Waals surface area (Å²) in [4.78, 5) is 18.5. The zero-order valence-corrected chi connectivity index (χ0v) is 18.1. The maximum absolute atomic E-state index is 12.8. The molecule has 0 aliphatic carbocycles. The maximum atomic E-state index is 12.8. The average molecular weight is 460 g/mol. The number of fused-ring (bicyclic) bond motifs is 3. The Morgan fingerprint density at radius 1 is 0.969 bits per heavy atom. The van der Waals surface area contributed by atoms with Crippen molar-refractivity contribution >= 4 is 23.3 Å². The number of likely N-dealkylation sites (N-methyl/N-ethyl adjacent to an activating group) is 1. The van der Waals surface area contributed by atoms with Crippen LogP contribution in [-0.2, 0) is 19.1 Å². The normalized spacial score (nSPS) is 14.2. The molecule has 0 fully saturated rings. The molecule has 2 aromatic carbocycles. The highest BCUT2D eigenvalue weighted by atomic mass is 35.5. The van der Waals surface area contributed by atoms with Crippen LogP contribution < -0.4 is 5.56 Å². The van der Waals surface area contributed by atoms with E-state index in [1.165, 1.54) is 34.8 Å². The molecule has 0 bridgehead atoms. The second-order valence-corrected chi connectivity index (χ2v) is 8.00. The number of pyridine rings is 1. The van der Waals surface area contributed by atoms with E-state index in [9.17, 15) is 18.0 Å². The number of alkyl halides is 3. The number of nitrogens with one attached hydrogen (secondary N) is 1. The Balaban J connectivity index is 0.00000245. The van der Waals surface area contributed by atoms with Gasteiger partial charge in [0.2, 0.25) is 0 Å². The third-order valence-electron chi connectivity index (χ3n) is 5.89. The van der Waals surface area contributed by atoms with Crippen LogP contribution in [0.15, 0.2) is 65.6 Å². The minimum Gasteiger partial charge on any atom is -0.357 e. The lowest BCUT2D eigenvalue weighted by atomic mass is 10.0. The molecular weight excluding hydrogens is 439 g/mol. The van der Waals surface area contributed by atoms with Crippen molar-refractivity contribution in [3.8, 4) is 16.8 Å². The molecular formula is C24H21ClF3N3O. The van der Waals surface area contributed by atoms with Crippen LogP contribution in [0.1, 0.15) is 16.8 Å². The molecule has 1 aliphatic rings. The van der Waals surface area contributed by atoms with E-state index in [0.29, 0.717) is 11.1 Å². The van der Waals surface area contributed by atoms with Gasteiger partial charge in [-0.15, -0.1) is 12.4 Å². The van der Waals surface area contributed by atoms with Crippen molar-refractivity contribution in [1.82, 2.24) is 14.5 Å². The molecule has 0 saturated heterocycles. The quantitative estimate of drug-likeness (QED) is 0.435. The van der Waals surface area contributed by atoms with Gasteiger partial charge in [-0.25, -0.2) is 0 Å². The molecule has 32 heavy (non-hydrogen) atoms. The van der Waals surface area contributed by atoms with E-state index in [1.54, 1.807) is 16.8 Å². The highest BCUT2D eigenvalue weighted by Gasteiger charge is 2.30. The van der Waals surface area contributed by atoms with Gasteiger partial charge in [0, 0.05) is 41.9 Å². The van der Waals surface area contributed by atoms with E-state index in [2.05, 4.69) is 16.9 Å². The molecule has 0 radical (unpaired) electrons. The summed E-state index contributed by atoms with van der Waals surface area (Å²) in [5, 5.41) is 1.18. The second kappa shape index (κ2) is 8.15. The van der Waals surface area contributed by atoms with Gasteiger partial charge in [0.15, 0.2) is 0 Å². The predicted octanol–water partition coefficient (Wildman–Crippen LogP) is 5.41. The molecule has 4 aromatic rings. The fourth-order valence-corrected chi connectivity index (χ4v) is 4.24. The molecule has 0 spiro atoms. The van der Waals surface area contributed by atoms with Crippen LogP contribution >= 0.6 is 12.4 Å². The number of halogens is 4. The van der Waals surface area contributed by atoms with Gasteiger partial charge in [0.1, 0.15) is 0 Å². The molecule has 2 aromatic heterocycles. The number of hydrogen-bond donors (Lipinski definition) is 1. The summed E-state index contributed by atoms with van der Waals surface area (Å²) in [6, 6.07) is 13.9. The SMILES string of the molecule is CN1CCc2c([nH]c3cc(-n4ccc(-c5ccc(C(F)(F)F)cc5)cc4=O)ccc23)C1.Cl. The Labute approximate surface area is 188 Å². The number of nitrogens with zero attached hydrogens (tertiary/aromatic N) is 2. The minimum atomic E-state index is -4.38. The first-order valence-corrected chi connectivity index (χ1v) is 10.0. The van der Waals surface area contributed by atoms with E-state index >= 15 is 0 Å². The molecule has 5 rings (SSSR count). The largest absolute Gasteiger partial charge is 0.416 e. The Kier molecular flexibility index (Phi) is 5.65. The van der Waals surface area contributed by atoms with Gasteiger partial charge in [-0.05, 0) is 60.5 Å². The topological polar surface area (TPSA) is 41.0 Å². The first-order valence-electron chi connectivity index (χ1n) is 10.0. The summed E-state index contributed by atoms with van der Waals surface area (Å²) in [6.07, 6.45) is -1.73. The van der Waals surface area contributed by atoms with Gasteiger partial charge in [-0.2, -0.15) is 13.2 Å². The van der Waals surface area contributed by atoms with E-state index in [-0.39, 0.29) is 18.0 Å². The van der Waals surface area contributed by atoms with Crippen molar-refractivity contribution in [1.29, 1.82) is 0 Å². The minimum absolute atomic E-state index is 0. The lowest BCUT2D eigenvalue weighted by Crippen LogP contribution is -2.26. The zero-order valence-electron chi connectivity index (χ0n) is 17.2. The third-order valence-corrected chi connectivity index (χ3v) is 5.89. The Morgan fingerprint density at radius 3 is 2.41 bits per heavy atom. The summed E-state index contributed by atoms with van der Waals surface area (Å²) in [5.74, 6) is 0. The summed E-state index contributed by atoms with van der Waals surface area (Å²) in [6.45, 7) is 1.90. The van der Waals surface area contributed by atoms with Crippen molar-refractivity contribution in [2.75, 3.05) is 13.6 Å². The molecule has 3 heterocycles. The molecule has 8 heteroatoms. The van der Waals surface area contributed by atoms with E-state index in [1.807, 2.05) is 18.2 Å². The smallest absolute Gasteiger partial charge is 0.357 e. The predicted molar refractivity (Wildman–Crippen MR) is 122 cm³/mol. The molecule has 0 unspecified atom stereocenters. The number of benzene rings is 2. The van der Waals surface area contributed by atoms with Crippen molar-refractivity contribution in [3.63, 3.8) is 0 Å². The fourth-order valence-electron chi connectivity index (χ4n) is 4.24. The number of rotatable bonds is 2. The van der Waals surface area contributed by atoms with Crippen LogP contribution in [-0.4, -0.2) is 28.0 Å². The summed E-state index contributed by atoms with van der Waals surface area (Å²) < 4.78 is 39.9. The van der Waals surface area contributed by atoms with Crippen molar-refractivity contribution in [2.24, 2.45) is 0 Å². The van der Waals surface area contributed by atoms with Crippen LogP contribution in [0.25, 0.3) is 27.7 Å². The van der Waals surface area contributed by atoms with Crippen LogP contribution in [0, 0.1) is 0 Å².